The number of nitrogen functional groups attached to an aromatic ring is 1. The summed E-state index contributed by atoms with van der Waals surface area (Å²) in [5.41, 5.74) is 5.49. The van der Waals surface area contributed by atoms with Gasteiger partial charge < -0.3 is 10.6 Å². The Morgan fingerprint density at radius 3 is 2.92 bits per heavy atom. The van der Waals surface area contributed by atoms with Crippen LogP contribution in [0.5, 0.6) is 0 Å². The van der Waals surface area contributed by atoms with Crippen LogP contribution < -0.4 is 10.6 Å². The van der Waals surface area contributed by atoms with E-state index in [0.717, 1.165) is 18.4 Å². The van der Waals surface area contributed by atoms with Gasteiger partial charge in [-0.25, -0.2) is 5.10 Å². The largest absolute Gasteiger partial charge is 0.368 e. The Balaban J connectivity index is 1.87. The van der Waals surface area contributed by atoms with Crippen molar-refractivity contribution in [2.45, 2.75) is 25.3 Å². The molecule has 2 bridgehead atoms. The maximum Gasteiger partial charge on any atom is 0.246 e. The zero-order valence-electron chi connectivity index (χ0n) is 7.40. The molecule has 3 rings (SSSR count). The van der Waals surface area contributed by atoms with Crippen molar-refractivity contribution in [2.24, 2.45) is 5.92 Å². The highest BCUT2D eigenvalue weighted by atomic mass is 15.4. The molecule has 1 saturated carbocycles. The molecule has 0 spiro atoms. The molecule has 1 aromatic heterocycles. The Morgan fingerprint density at radius 2 is 2.38 bits per heavy atom. The summed E-state index contributed by atoms with van der Waals surface area (Å²) in [6.07, 6.45) is 3.98. The molecule has 0 aromatic carbocycles. The number of aromatic nitrogens is 3. The number of nitrogens with zero attached hydrogens (tertiary/aromatic N) is 3. The molecule has 2 aliphatic rings. The zero-order valence-corrected chi connectivity index (χ0v) is 7.40. The molecule has 70 valence electrons. The van der Waals surface area contributed by atoms with Gasteiger partial charge in [-0.15, -0.1) is 5.10 Å². The Hall–Kier alpha value is -1.26. The van der Waals surface area contributed by atoms with Gasteiger partial charge >= 0.3 is 0 Å². The van der Waals surface area contributed by atoms with E-state index >= 15 is 0 Å². The third-order valence-electron chi connectivity index (χ3n) is 3.16. The molecule has 1 saturated heterocycles. The zero-order chi connectivity index (χ0) is 8.84. The number of nitrogens with one attached hydrogen (secondary N) is 1. The van der Waals surface area contributed by atoms with E-state index < -0.39 is 0 Å². The molecule has 5 heteroatoms. The molecule has 0 radical (unpaired) electrons. The van der Waals surface area contributed by atoms with Gasteiger partial charge in [-0.1, -0.05) is 0 Å². The maximum absolute atomic E-state index is 5.49. The third-order valence-corrected chi connectivity index (χ3v) is 3.16. The number of aromatic amines is 1. The Bertz CT molecular complexity index is 320. The lowest BCUT2D eigenvalue weighted by Crippen LogP contribution is -2.32. The van der Waals surface area contributed by atoms with Crippen LogP contribution in [-0.2, 0) is 0 Å². The van der Waals surface area contributed by atoms with E-state index in [0.29, 0.717) is 12.0 Å². The van der Waals surface area contributed by atoms with Crippen molar-refractivity contribution in [1.29, 1.82) is 0 Å². The first kappa shape index (κ1) is 7.17. The van der Waals surface area contributed by atoms with Crippen LogP contribution in [0, 0.1) is 5.92 Å². The number of nitrogens with two attached hydrogens (primary N) is 1. The van der Waals surface area contributed by atoms with E-state index in [2.05, 4.69) is 20.1 Å². The number of anilines is 2. The predicted octanol–water partition coefficient (Wildman–Crippen LogP) is 0.376. The average molecular weight is 179 g/mol. The van der Waals surface area contributed by atoms with Crippen molar-refractivity contribution < 1.29 is 0 Å². The Kier molecular flexibility index (Phi) is 1.31. The lowest BCUT2D eigenvalue weighted by molar-refractivity contribution is 0.547. The number of piperidine rings is 1. The monoisotopic (exact) mass is 179 g/mol. The van der Waals surface area contributed by atoms with Crippen LogP contribution in [0.25, 0.3) is 0 Å². The van der Waals surface area contributed by atoms with Gasteiger partial charge in [-0.2, -0.15) is 4.98 Å². The summed E-state index contributed by atoms with van der Waals surface area (Å²) >= 11 is 0. The standard InChI is InChI=1S/C8H13N5/c9-7-10-8(12-11-7)13-4-5-1-2-6(13)3-5/h5-6H,1-4H2,(H3,9,10,11,12). The molecule has 2 heterocycles. The van der Waals surface area contributed by atoms with E-state index in [4.69, 9.17) is 5.73 Å². The van der Waals surface area contributed by atoms with Gasteiger partial charge in [0.25, 0.3) is 0 Å². The minimum atomic E-state index is 0.415. The fourth-order valence-corrected chi connectivity index (χ4v) is 2.56. The summed E-state index contributed by atoms with van der Waals surface area (Å²) in [5.74, 6) is 2.06. The highest BCUT2D eigenvalue weighted by Gasteiger charge is 2.39. The quantitative estimate of drug-likeness (QED) is 0.653. The lowest BCUT2D eigenvalue weighted by atomic mass is 10.1. The van der Waals surface area contributed by atoms with Crippen LogP contribution >= 0.6 is 0 Å². The minimum absolute atomic E-state index is 0.415. The molecule has 1 aliphatic heterocycles. The van der Waals surface area contributed by atoms with Gasteiger partial charge in [0.05, 0.1) is 0 Å². The minimum Gasteiger partial charge on any atom is -0.368 e. The molecule has 3 N–H and O–H groups in total. The predicted molar refractivity (Wildman–Crippen MR) is 49.3 cm³/mol. The van der Waals surface area contributed by atoms with Crippen molar-refractivity contribution in [3.8, 4) is 0 Å². The molecular weight excluding hydrogens is 166 g/mol. The van der Waals surface area contributed by atoms with E-state index in [-0.39, 0.29) is 0 Å². The summed E-state index contributed by atoms with van der Waals surface area (Å²) in [4.78, 5) is 6.43. The lowest BCUT2D eigenvalue weighted by Gasteiger charge is -2.25. The highest BCUT2D eigenvalue weighted by Crippen LogP contribution is 2.38. The van der Waals surface area contributed by atoms with Gasteiger partial charge in [0.15, 0.2) is 0 Å². The highest BCUT2D eigenvalue weighted by molar-refractivity contribution is 5.38. The van der Waals surface area contributed by atoms with Crippen molar-refractivity contribution in [1.82, 2.24) is 15.2 Å². The second-order valence-electron chi connectivity index (χ2n) is 4.01. The van der Waals surface area contributed by atoms with Crippen LogP contribution in [0.1, 0.15) is 19.3 Å². The first-order valence-electron chi connectivity index (χ1n) is 4.77. The third kappa shape index (κ3) is 0.993. The van der Waals surface area contributed by atoms with E-state index in [1.807, 2.05) is 0 Å². The molecule has 13 heavy (non-hydrogen) atoms. The van der Waals surface area contributed by atoms with Crippen molar-refractivity contribution in [3.05, 3.63) is 0 Å². The topological polar surface area (TPSA) is 70.8 Å². The first-order valence-corrected chi connectivity index (χ1v) is 4.77. The number of hydrogen-bond donors (Lipinski definition) is 2. The molecule has 2 unspecified atom stereocenters. The smallest absolute Gasteiger partial charge is 0.246 e. The number of fused-ring (bicyclic) bond motifs is 2. The van der Waals surface area contributed by atoms with Gasteiger partial charge in [-0.3, -0.25) is 0 Å². The van der Waals surface area contributed by atoms with Crippen LogP contribution in [0.4, 0.5) is 11.9 Å². The molecule has 0 amide bonds. The first-order chi connectivity index (χ1) is 6.33. The van der Waals surface area contributed by atoms with Crippen LogP contribution in [-0.4, -0.2) is 27.8 Å². The van der Waals surface area contributed by atoms with E-state index in [1.165, 1.54) is 19.3 Å². The molecule has 1 aromatic rings. The number of hydrogen-bond acceptors (Lipinski definition) is 4. The normalized spacial score (nSPS) is 31.5. The van der Waals surface area contributed by atoms with Crippen molar-refractivity contribution >= 4 is 11.9 Å². The Morgan fingerprint density at radius 1 is 1.46 bits per heavy atom. The van der Waals surface area contributed by atoms with Gasteiger partial charge in [0.2, 0.25) is 11.9 Å². The average Bonchev–Trinajstić information content (AvgIpc) is 2.77. The van der Waals surface area contributed by atoms with E-state index in [1.54, 1.807) is 0 Å². The summed E-state index contributed by atoms with van der Waals surface area (Å²) in [6, 6.07) is 0.667. The summed E-state index contributed by atoms with van der Waals surface area (Å²) in [5, 5.41) is 6.76. The van der Waals surface area contributed by atoms with Crippen molar-refractivity contribution in [2.75, 3.05) is 17.2 Å². The summed E-state index contributed by atoms with van der Waals surface area (Å²) < 4.78 is 0. The summed E-state index contributed by atoms with van der Waals surface area (Å²) in [6.45, 7) is 1.11. The second-order valence-corrected chi connectivity index (χ2v) is 4.01. The molecular formula is C8H13N5. The molecule has 2 atom stereocenters. The SMILES string of the molecule is Nc1nc(N2CC3CCC2C3)n[nH]1. The molecule has 5 nitrogen and oxygen atoms in total. The summed E-state index contributed by atoms with van der Waals surface area (Å²) in [7, 11) is 0. The fourth-order valence-electron chi connectivity index (χ4n) is 2.56. The number of H-pyrrole nitrogens is 1. The van der Waals surface area contributed by atoms with Crippen LogP contribution in [0.3, 0.4) is 0 Å². The van der Waals surface area contributed by atoms with Gasteiger partial charge in [0.1, 0.15) is 0 Å². The molecule has 1 aliphatic carbocycles. The fraction of sp³-hybridized carbons (Fsp3) is 0.750. The second kappa shape index (κ2) is 2.37. The van der Waals surface area contributed by atoms with Gasteiger partial charge in [-0.05, 0) is 25.2 Å². The maximum atomic E-state index is 5.49. The Labute approximate surface area is 76.3 Å². The number of rotatable bonds is 1. The van der Waals surface area contributed by atoms with Crippen LogP contribution in [0.15, 0.2) is 0 Å². The molecule has 2 fully saturated rings. The van der Waals surface area contributed by atoms with Gasteiger partial charge in [0, 0.05) is 12.6 Å². The van der Waals surface area contributed by atoms with Crippen LogP contribution in [0.2, 0.25) is 0 Å². The van der Waals surface area contributed by atoms with E-state index in [9.17, 15) is 0 Å². The van der Waals surface area contributed by atoms with Crippen molar-refractivity contribution in [3.63, 3.8) is 0 Å².